The number of hydrogen-bond acceptors (Lipinski definition) is 2. The standard InChI is InChI=1S/C19H21FO3/c1-12(2)23-16-8-5-14(6-9-16)10-17(19(21)22)15-7-4-13(3)18(20)11-15/h4-9,11-12,17H,10H2,1-3H3,(H,21,22). The maximum atomic E-state index is 13.7. The van der Waals surface area contributed by atoms with Crippen molar-refractivity contribution in [2.75, 3.05) is 0 Å². The van der Waals surface area contributed by atoms with Gasteiger partial charge in [0.2, 0.25) is 0 Å². The molecule has 23 heavy (non-hydrogen) atoms. The van der Waals surface area contributed by atoms with Gasteiger partial charge in [-0.25, -0.2) is 4.39 Å². The van der Waals surface area contributed by atoms with Gasteiger partial charge in [-0.15, -0.1) is 0 Å². The number of ether oxygens (including phenoxy) is 1. The quantitative estimate of drug-likeness (QED) is 0.862. The van der Waals surface area contributed by atoms with Gasteiger partial charge in [0.25, 0.3) is 0 Å². The number of carboxylic acids is 1. The minimum Gasteiger partial charge on any atom is -0.491 e. The lowest BCUT2D eigenvalue weighted by molar-refractivity contribution is -0.138. The van der Waals surface area contributed by atoms with Gasteiger partial charge in [0.1, 0.15) is 11.6 Å². The van der Waals surface area contributed by atoms with Crippen molar-refractivity contribution in [3.8, 4) is 5.75 Å². The van der Waals surface area contributed by atoms with Crippen LogP contribution in [0.5, 0.6) is 5.75 Å². The first kappa shape index (κ1) is 17.0. The Labute approximate surface area is 135 Å². The van der Waals surface area contributed by atoms with Crippen LogP contribution in [0.25, 0.3) is 0 Å². The Hall–Kier alpha value is -2.36. The summed E-state index contributed by atoms with van der Waals surface area (Å²) < 4.78 is 19.3. The molecule has 1 N–H and O–H groups in total. The van der Waals surface area contributed by atoms with Crippen molar-refractivity contribution in [2.24, 2.45) is 0 Å². The molecule has 0 aliphatic rings. The average molecular weight is 316 g/mol. The van der Waals surface area contributed by atoms with Gasteiger partial charge in [0, 0.05) is 0 Å². The van der Waals surface area contributed by atoms with Crippen LogP contribution in [0.2, 0.25) is 0 Å². The van der Waals surface area contributed by atoms with Crippen molar-refractivity contribution in [1.82, 2.24) is 0 Å². The zero-order valence-electron chi connectivity index (χ0n) is 13.5. The summed E-state index contributed by atoms with van der Waals surface area (Å²) in [6.45, 7) is 5.54. The highest BCUT2D eigenvalue weighted by Crippen LogP contribution is 2.24. The molecular formula is C19H21FO3. The van der Waals surface area contributed by atoms with Crippen LogP contribution in [0.1, 0.15) is 36.5 Å². The molecule has 2 aromatic carbocycles. The van der Waals surface area contributed by atoms with Gasteiger partial charge in [0.15, 0.2) is 0 Å². The Morgan fingerprint density at radius 2 is 1.83 bits per heavy atom. The fourth-order valence-corrected chi connectivity index (χ4v) is 2.39. The summed E-state index contributed by atoms with van der Waals surface area (Å²) in [5.74, 6) is -1.37. The summed E-state index contributed by atoms with van der Waals surface area (Å²) in [5.41, 5.74) is 1.85. The van der Waals surface area contributed by atoms with Crippen LogP contribution in [-0.2, 0) is 11.2 Å². The lowest BCUT2D eigenvalue weighted by Crippen LogP contribution is -2.15. The molecule has 1 unspecified atom stereocenters. The molecule has 0 spiro atoms. The zero-order valence-corrected chi connectivity index (χ0v) is 13.5. The Balaban J connectivity index is 2.19. The molecule has 0 saturated heterocycles. The first-order chi connectivity index (χ1) is 10.9. The fourth-order valence-electron chi connectivity index (χ4n) is 2.39. The summed E-state index contributed by atoms with van der Waals surface area (Å²) in [6, 6.07) is 11.9. The molecule has 2 rings (SSSR count). The van der Waals surface area contributed by atoms with E-state index in [4.69, 9.17) is 4.74 Å². The minimum absolute atomic E-state index is 0.0863. The van der Waals surface area contributed by atoms with Crippen LogP contribution in [-0.4, -0.2) is 17.2 Å². The van der Waals surface area contributed by atoms with Gasteiger partial charge >= 0.3 is 5.97 Å². The van der Waals surface area contributed by atoms with Gasteiger partial charge in [-0.3, -0.25) is 4.79 Å². The largest absolute Gasteiger partial charge is 0.491 e. The second kappa shape index (κ2) is 7.27. The van der Waals surface area contributed by atoms with Crippen LogP contribution in [0.3, 0.4) is 0 Å². The highest BCUT2D eigenvalue weighted by Gasteiger charge is 2.21. The van der Waals surface area contributed by atoms with E-state index in [9.17, 15) is 14.3 Å². The topological polar surface area (TPSA) is 46.5 Å². The van der Waals surface area contributed by atoms with E-state index in [1.54, 1.807) is 19.1 Å². The molecular weight excluding hydrogens is 295 g/mol. The summed E-state index contributed by atoms with van der Waals surface area (Å²) >= 11 is 0. The monoisotopic (exact) mass is 316 g/mol. The van der Waals surface area contributed by atoms with Crippen molar-refractivity contribution in [3.05, 3.63) is 65.0 Å². The van der Waals surface area contributed by atoms with E-state index in [-0.39, 0.29) is 11.9 Å². The second-order valence-electron chi connectivity index (χ2n) is 5.91. The highest BCUT2D eigenvalue weighted by atomic mass is 19.1. The molecule has 0 amide bonds. The normalized spacial score (nSPS) is 12.2. The van der Waals surface area contributed by atoms with Crippen LogP contribution < -0.4 is 4.74 Å². The smallest absolute Gasteiger partial charge is 0.311 e. The third kappa shape index (κ3) is 4.55. The lowest BCUT2D eigenvalue weighted by atomic mass is 9.91. The summed E-state index contributed by atoms with van der Waals surface area (Å²) in [7, 11) is 0. The summed E-state index contributed by atoms with van der Waals surface area (Å²) in [4.78, 5) is 11.6. The molecule has 1 atom stereocenters. The van der Waals surface area contributed by atoms with E-state index in [1.165, 1.54) is 6.07 Å². The van der Waals surface area contributed by atoms with Crippen molar-refractivity contribution in [2.45, 2.75) is 39.2 Å². The Bertz CT molecular complexity index is 678. The van der Waals surface area contributed by atoms with E-state index >= 15 is 0 Å². The fraction of sp³-hybridized carbons (Fsp3) is 0.316. The molecule has 0 fully saturated rings. The van der Waals surface area contributed by atoms with Gasteiger partial charge in [-0.1, -0.05) is 24.3 Å². The second-order valence-corrected chi connectivity index (χ2v) is 5.91. The molecule has 122 valence electrons. The Morgan fingerprint density at radius 3 is 2.35 bits per heavy atom. The third-order valence-corrected chi connectivity index (χ3v) is 3.63. The maximum Gasteiger partial charge on any atom is 0.311 e. The predicted molar refractivity (Wildman–Crippen MR) is 87.4 cm³/mol. The molecule has 0 bridgehead atoms. The number of carboxylic acid groups (broad SMARTS) is 1. The highest BCUT2D eigenvalue weighted by molar-refractivity contribution is 5.76. The van der Waals surface area contributed by atoms with E-state index in [0.717, 1.165) is 11.3 Å². The molecule has 4 heteroatoms. The van der Waals surface area contributed by atoms with Crippen molar-refractivity contribution in [3.63, 3.8) is 0 Å². The number of aliphatic carboxylic acids is 1. The number of hydrogen-bond donors (Lipinski definition) is 1. The predicted octanol–water partition coefficient (Wildman–Crippen LogP) is 4.33. The molecule has 0 saturated carbocycles. The van der Waals surface area contributed by atoms with E-state index < -0.39 is 11.9 Å². The minimum atomic E-state index is -0.962. The first-order valence-corrected chi connectivity index (χ1v) is 7.61. The molecule has 0 aliphatic heterocycles. The summed E-state index contributed by atoms with van der Waals surface area (Å²) in [6.07, 6.45) is 0.392. The van der Waals surface area contributed by atoms with Crippen LogP contribution in [0, 0.1) is 12.7 Å². The van der Waals surface area contributed by atoms with Crippen LogP contribution >= 0.6 is 0 Å². The molecule has 3 nitrogen and oxygen atoms in total. The summed E-state index contributed by atoms with van der Waals surface area (Å²) in [5, 5.41) is 9.47. The number of rotatable bonds is 6. The van der Waals surface area contributed by atoms with Crippen molar-refractivity contribution in [1.29, 1.82) is 0 Å². The maximum absolute atomic E-state index is 13.7. The number of benzene rings is 2. The molecule has 2 aromatic rings. The van der Waals surface area contributed by atoms with Crippen LogP contribution in [0.4, 0.5) is 4.39 Å². The van der Waals surface area contributed by atoms with E-state index in [2.05, 4.69) is 0 Å². The van der Waals surface area contributed by atoms with Gasteiger partial charge in [-0.2, -0.15) is 0 Å². The zero-order chi connectivity index (χ0) is 17.0. The third-order valence-electron chi connectivity index (χ3n) is 3.63. The first-order valence-electron chi connectivity index (χ1n) is 7.61. The molecule has 0 aromatic heterocycles. The Kier molecular flexibility index (Phi) is 5.37. The number of carbonyl (C=O) groups is 1. The van der Waals surface area contributed by atoms with E-state index in [1.807, 2.05) is 38.1 Å². The molecule has 0 heterocycles. The average Bonchev–Trinajstić information content (AvgIpc) is 2.48. The van der Waals surface area contributed by atoms with Crippen molar-refractivity contribution >= 4 is 5.97 Å². The molecule has 0 aliphatic carbocycles. The van der Waals surface area contributed by atoms with Crippen molar-refractivity contribution < 1.29 is 19.0 Å². The van der Waals surface area contributed by atoms with Gasteiger partial charge in [0.05, 0.1) is 12.0 Å². The van der Waals surface area contributed by atoms with Crippen LogP contribution in [0.15, 0.2) is 42.5 Å². The lowest BCUT2D eigenvalue weighted by Gasteiger charge is -2.15. The number of halogens is 1. The SMILES string of the molecule is Cc1ccc(C(Cc2ccc(OC(C)C)cc2)C(=O)O)cc1F. The van der Waals surface area contributed by atoms with Gasteiger partial charge < -0.3 is 9.84 Å². The number of aryl methyl sites for hydroxylation is 1. The Morgan fingerprint density at radius 1 is 1.17 bits per heavy atom. The van der Waals surface area contributed by atoms with E-state index in [0.29, 0.717) is 17.5 Å². The van der Waals surface area contributed by atoms with Gasteiger partial charge in [-0.05, 0) is 62.1 Å². The molecule has 0 radical (unpaired) electrons.